The van der Waals surface area contributed by atoms with Gasteiger partial charge in [0.05, 0.1) is 22.6 Å². The number of β-amino-alcohol motifs (C(OH)–C–C–N with tert-alkyl or cyclic N) is 1. The van der Waals surface area contributed by atoms with Gasteiger partial charge in [0, 0.05) is 48.3 Å². The molecule has 5 rings (SSSR count). The number of nitrogen functional groups attached to an aromatic ring is 1. The molecule has 1 aromatic carbocycles. The fraction of sp³-hybridized carbons (Fsp3) is 0.600. The number of thiophene rings is 1. The summed E-state index contributed by atoms with van der Waals surface area (Å²) in [7, 11) is 0. The molecule has 2 amide bonds. The number of anilines is 1. The van der Waals surface area contributed by atoms with Crippen molar-refractivity contribution in [2.75, 3.05) is 45.1 Å². The molecule has 3 N–H and O–H groups in total. The third-order valence-corrected chi connectivity index (χ3v) is 8.98. The molecule has 0 radical (unpaired) electrons. The molecule has 2 unspecified atom stereocenters. The molecular formula is C25H34N4O3S. The van der Waals surface area contributed by atoms with Crippen LogP contribution in [0.2, 0.25) is 0 Å². The number of carbonyl (C=O) groups is 2. The molecule has 4 heterocycles. The Morgan fingerprint density at radius 2 is 2.00 bits per heavy atom. The number of carbonyl (C=O) groups excluding carboxylic acids is 2. The van der Waals surface area contributed by atoms with Crippen LogP contribution < -0.4 is 5.73 Å². The lowest BCUT2D eigenvalue weighted by atomic mass is 9.76. The van der Waals surface area contributed by atoms with Crippen LogP contribution in [0.1, 0.15) is 49.4 Å². The monoisotopic (exact) mass is 470 g/mol. The Kier molecular flexibility index (Phi) is 6.09. The Hall–Kier alpha value is -2.16. The molecule has 0 bridgehead atoms. The molecule has 1 aromatic heterocycles. The predicted octanol–water partition coefficient (Wildman–Crippen LogP) is 2.78. The number of fused-ring (bicyclic) bond motifs is 1. The third-order valence-electron chi connectivity index (χ3n) is 7.98. The Balaban J connectivity index is 1.24. The van der Waals surface area contributed by atoms with Crippen molar-refractivity contribution in [3.63, 3.8) is 0 Å². The van der Waals surface area contributed by atoms with Gasteiger partial charge < -0.3 is 20.6 Å². The highest BCUT2D eigenvalue weighted by atomic mass is 32.1. The van der Waals surface area contributed by atoms with Crippen LogP contribution in [-0.2, 0) is 4.79 Å². The van der Waals surface area contributed by atoms with Gasteiger partial charge in [0.15, 0.2) is 0 Å². The van der Waals surface area contributed by atoms with Crippen molar-refractivity contribution in [3.8, 4) is 0 Å². The van der Waals surface area contributed by atoms with Gasteiger partial charge in [-0.1, -0.05) is 18.2 Å². The number of aliphatic hydroxyl groups excluding tert-OH is 1. The zero-order chi connectivity index (χ0) is 23.2. The molecule has 3 saturated heterocycles. The molecule has 8 heteroatoms. The molecule has 1 spiro atoms. The van der Waals surface area contributed by atoms with E-state index < -0.39 is 0 Å². The van der Waals surface area contributed by atoms with Crippen LogP contribution in [0.4, 0.5) is 5.00 Å². The SMILES string of the molecule is CC1CC2(CCCN(C3CCN(C(=O)c4c(N)sc5ccccc45)CC3)C2)C(=O)N1CCO. The van der Waals surface area contributed by atoms with Gasteiger partial charge >= 0.3 is 0 Å². The maximum Gasteiger partial charge on any atom is 0.257 e. The normalized spacial score (nSPS) is 27.2. The number of rotatable bonds is 4. The van der Waals surface area contributed by atoms with Crippen LogP contribution in [0, 0.1) is 5.41 Å². The molecule has 3 fully saturated rings. The predicted molar refractivity (Wildman–Crippen MR) is 131 cm³/mol. The zero-order valence-corrected chi connectivity index (χ0v) is 20.1. The Bertz CT molecular complexity index is 1050. The first kappa shape index (κ1) is 22.6. The first-order valence-corrected chi connectivity index (χ1v) is 13.0. The van der Waals surface area contributed by atoms with Crippen molar-refractivity contribution >= 4 is 38.2 Å². The van der Waals surface area contributed by atoms with Gasteiger partial charge in [-0.15, -0.1) is 11.3 Å². The molecule has 3 aliphatic heterocycles. The smallest absolute Gasteiger partial charge is 0.257 e. The van der Waals surface area contributed by atoms with E-state index in [2.05, 4.69) is 11.8 Å². The lowest BCUT2D eigenvalue weighted by molar-refractivity contribution is -0.140. The maximum atomic E-state index is 13.3. The molecule has 2 atom stereocenters. The minimum atomic E-state index is -0.302. The van der Waals surface area contributed by atoms with Gasteiger partial charge in [-0.3, -0.25) is 14.5 Å². The highest BCUT2D eigenvalue weighted by molar-refractivity contribution is 7.23. The number of benzene rings is 1. The molecular weight excluding hydrogens is 436 g/mol. The van der Waals surface area contributed by atoms with E-state index in [-0.39, 0.29) is 29.9 Å². The first-order valence-electron chi connectivity index (χ1n) is 12.2. The number of piperidine rings is 2. The Labute approximate surface area is 199 Å². The van der Waals surface area contributed by atoms with Crippen molar-refractivity contribution in [1.29, 1.82) is 0 Å². The first-order chi connectivity index (χ1) is 15.9. The van der Waals surface area contributed by atoms with E-state index in [0.717, 1.165) is 68.4 Å². The molecule has 3 aliphatic rings. The lowest BCUT2D eigenvalue weighted by Gasteiger charge is -2.45. The number of nitrogens with two attached hydrogens (primary N) is 1. The summed E-state index contributed by atoms with van der Waals surface area (Å²) in [5.74, 6) is 0.263. The van der Waals surface area contributed by atoms with E-state index in [0.29, 0.717) is 23.2 Å². The topological polar surface area (TPSA) is 90.1 Å². The summed E-state index contributed by atoms with van der Waals surface area (Å²) >= 11 is 1.48. The van der Waals surface area contributed by atoms with Gasteiger partial charge in [0.1, 0.15) is 0 Å². The van der Waals surface area contributed by atoms with E-state index in [4.69, 9.17) is 5.73 Å². The molecule has 0 aliphatic carbocycles. The van der Waals surface area contributed by atoms with Crippen LogP contribution in [0.15, 0.2) is 24.3 Å². The molecule has 178 valence electrons. The number of hydrogen-bond acceptors (Lipinski definition) is 6. The van der Waals surface area contributed by atoms with Crippen molar-refractivity contribution in [2.24, 2.45) is 5.41 Å². The van der Waals surface area contributed by atoms with Gasteiger partial charge in [-0.05, 0) is 51.6 Å². The minimum Gasteiger partial charge on any atom is -0.395 e. The van der Waals surface area contributed by atoms with Crippen LogP contribution in [0.5, 0.6) is 0 Å². The van der Waals surface area contributed by atoms with Gasteiger partial charge in [0.2, 0.25) is 5.91 Å². The lowest BCUT2D eigenvalue weighted by Crippen LogP contribution is -2.54. The summed E-state index contributed by atoms with van der Waals surface area (Å²) in [5.41, 5.74) is 6.59. The van der Waals surface area contributed by atoms with E-state index in [9.17, 15) is 14.7 Å². The van der Waals surface area contributed by atoms with E-state index in [1.54, 1.807) is 0 Å². The average Bonchev–Trinajstić information content (AvgIpc) is 3.27. The molecule has 0 saturated carbocycles. The van der Waals surface area contributed by atoms with Crippen LogP contribution >= 0.6 is 11.3 Å². The summed E-state index contributed by atoms with van der Waals surface area (Å²) in [4.78, 5) is 32.9. The Morgan fingerprint density at radius 3 is 2.76 bits per heavy atom. The van der Waals surface area contributed by atoms with Crippen LogP contribution in [0.3, 0.4) is 0 Å². The largest absolute Gasteiger partial charge is 0.395 e. The third kappa shape index (κ3) is 3.92. The van der Waals surface area contributed by atoms with Gasteiger partial charge in [0.25, 0.3) is 5.91 Å². The second-order valence-corrected chi connectivity index (χ2v) is 11.1. The summed E-state index contributed by atoms with van der Waals surface area (Å²) in [6.45, 7) is 5.82. The number of likely N-dealkylation sites (tertiary alicyclic amines) is 3. The second kappa shape index (κ2) is 8.89. The Morgan fingerprint density at radius 1 is 1.24 bits per heavy atom. The van der Waals surface area contributed by atoms with Crippen molar-refractivity contribution in [3.05, 3.63) is 29.8 Å². The number of hydrogen-bond donors (Lipinski definition) is 2. The van der Waals surface area contributed by atoms with Gasteiger partial charge in [-0.2, -0.15) is 0 Å². The van der Waals surface area contributed by atoms with E-state index in [1.807, 2.05) is 34.1 Å². The maximum absolute atomic E-state index is 13.3. The number of aliphatic hydroxyl groups is 1. The fourth-order valence-corrected chi connectivity index (χ4v) is 7.36. The van der Waals surface area contributed by atoms with E-state index in [1.165, 1.54) is 11.3 Å². The summed E-state index contributed by atoms with van der Waals surface area (Å²) < 4.78 is 1.05. The standard InChI is InChI=1S/C25H34N4O3S/c1-17-15-25(24(32)29(17)13-14-30)9-4-10-28(16-25)18-7-11-27(12-8-18)23(31)21-19-5-2-3-6-20(19)33-22(21)26/h2-3,5-6,17-18,30H,4,7-16,26H2,1H3. The minimum absolute atomic E-state index is 0.0201. The molecule has 7 nitrogen and oxygen atoms in total. The summed E-state index contributed by atoms with van der Waals surface area (Å²) in [6.07, 6.45) is 4.70. The van der Waals surface area contributed by atoms with E-state index >= 15 is 0 Å². The second-order valence-electron chi connectivity index (χ2n) is 9.99. The van der Waals surface area contributed by atoms with Gasteiger partial charge in [-0.25, -0.2) is 0 Å². The highest BCUT2D eigenvalue weighted by Gasteiger charge is 2.52. The van der Waals surface area contributed by atoms with Crippen molar-refractivity contribution < 1.29 is 14.7 Å². The number of nitrogens with zero attached hydrogens (tertiary/aromatic N) is 3. The summed E-state index contributed by atoms with van der Waals surface area (Å²) in [6, 6.07) is 8.51. The van der Waals surface area contributed by atoms with Crippen molar-refractivity contribution in [1.82, 2.24) is 14.7 Å². The average molecular weight is 471 g/mol. The van der Waals surface area contributed by atoms with Crippen LogP contribution in [0.25, 0.3) is 10.1 Å². The number of amides is 2. The molecule has 2 aromatic rings. The van der Waals surface area contributed by atoms with Crippen LogP contribution in [-0.4, -0.2) is 83.0 Å². The fourth-order valence-electron chi connectivity index (χ4n) is 6.39. The highest BCUT2D eigenvalue weighted by Crippen LogP contribution is 2.44. The molecule has 33 heavy (non-hydrogen) atoms. The van der Waals surface area contributed by atoms with Crippen molar-refractivity contribution in [2.45, 2.75) is 51.1 Å². The quantitative estimate of drug-likeness (QED) is 0.717. The summed E-state index contributed by atoms with van der Waals surface area (Å²) in [5, 5.41) is 10.9. The zero-order valence-electron chi connectivity index (χ0n) is 19.3.